The molecule has 0 bridgehead atoms. The van der Waals surface area contributed by atoms with Crippen molar-refractivity contribution in [2.24, 2.45) is 17.6 Å². The first-order valence-electron chi connectivity index (χ1n) is 11.3. The smallest absolute Gasteiger partial charge is 0.224 e. The van der Waals surface area contributed by atoms with Gasteiger partial charge in [0.1, 0.15) is 11.0 Å². The lowest BCUT2D eigenvalue weighted by Crippen LogP contribution is -2.30. The summed E-state index contributed by atoms with van der Waals surface area (Å²) in [6.45, 7) is 8.27. The zero-order valence-corrected chi connectivity index (χ0v) is 24.2. The fourth-order valence-corrected chi connectivity index (χ4v) is 5.75. The Kier molecular flexibility index (Phi) is 15.2. The van der Waals surface area contributed by atoms with E-state index in [0.29, 0.717) is 17.0 Å². The van der Waals surface area contributed by atoms with Gasteiger partial charge in [-0.15, -0.1) is 23.5 Å². The van der Waals surface area contributed by atoms with E-state index in [4.69, 9.17) is 45.6 Å². The second-order valence-corrected chi connectivity index (χ2v) is 11.9. The van der Waals surface area contributed by atoms with Crippen molar-refractivity contribution in [3.8, 4) is 0 Å². The number of fused-ring (bicyclic) bond motifs is 2. The number of rotatable bonds is 6. The molecule has 0 saturated heterocycles. The van der Waals surface area contributed by atoms with E-state index in [9.17, 15) is 5.11 Å². The van der Waals surface area contributed by atoms with E-state index >= 15 is 0 Å². The van der Waals surface area contributed by atoms with Gasteiger partial charge in [0.25, 0.3) is 0 Å². The second kappa shape index (κ2) is 16.4. The first-order valence-corrected chi connectivity index (χ1v) is 14.5. The molecule has 0 fully saturated rings. The molecule has 2 aliphatic heterocycles. The van der Waals surface area contributed by atoms with Crippen LogP contribution < -0.4 is 11.1 Å². The molecular weight excluding hydrogens is 563 g/mol. The van der Waals surface area contributed by atoms with E-state index in [-0.39, 0.29) is 43.3 Å². The molecule has 204 valence electrons. The predicted molar refractivity (Wildman–Crippen MR) is 154 cm³/mol. The summed E-state index contributed by atoms with van der Waals surface area (Å²) in [6, 6.07) is -0.0498. The molecule has 0 aromatic carbocycles. The van der Waals surface area contributed by atoms with Crippen LogP contribution in [0, 0.1) is 11.8 Å². The van der Waals surface area contributed by atoms with Crippen LogP contribution in [0.4, 0.5) is 5.82 Å². The minimum Gasteiger partial charge on any atom is -0.395 e. The van der Waals surface area contributed by atoms with Gasteiger partial charge < -0.3 is 21.3 Å². The van der Waals surface area contributed by atoms with Gasteiger partial charge in [-0.3, -0.25) is 0 Å². The number of nitrogens with zero attached hydrogens (tertiary/aromatic N) is 4. The highest BCUT2D eigenvalue weighted by atomic mass is 35.5. The van der Waals surface area contributed by atoms with Gasteiger partial charge in [-0.2, -0.15) is 4.98 Å². The summed E-state index contributed by atoms with van der Waals surface area (Å²) in [4.78, 5) is 18.4. The number of hydrogen-bond acceptors (Lipinski definition) is 10. The molecule has 0 aliphatic carbocycles. The maximum absolute atomic E-state index is 9.33. The second-order valence-electron chi connectivity index (χ2n) is 8.64. The Bertz CT molecular complexity index is 972. The number of aliphatic hydroxyl groups excluding tert-OH is 2. The molecule has 8 nitrogen and oxygen atoms in total. The number of halogens is 3. The van der Waals surface area contributed by atoms with Crippen LogP contribution in [0.2, 0.25) is 15.7 Å². The van der Waals surface area contributed by atoms with Crippen LogP contribution in [0.15, 0.2) is 9.79 Å². The quantitative estimate of drug-likeness (QED) is 0.258. The number of nitrogens with two attached hydrogens (primary N) is 1. The van der Waals surface area contributed by atoms with Gasteiger partial charge in [0.15, 0.2) is 0 Å². The van der Waals surface area contributed by atoms with Crippen molar-refractivity contribution in [1.29, 1.82) is 0 Å². The van der Waals surface area contributed by atoms with E-state index in [1.807, 2.05) is 13.8 Å². The molecule has 0 radical (unpaired) electrons. The predicted octanol–water partition coefficient (Wildman–Crippen LogP) is 5.24. The Morgan fingerprint density at radius 2 is 1.36 bits per heavy atom. The highest BCUT2D eigenvalue weighted by Crippen LogP contribution is 2.37. The monoisotopic (exact) mass is 598 g/mol. The zero-order chi connectivity index (χ0) is 26.1. The van der Waals surface area contributed by atoms with Crippen LogP contribution in [0.3, 0.4) is 0 Å². The molecule has 2 aromatic rings. The average molecular weight is 600 g/mol. The number of hydrogen-bond donors (Lipinski definition) is 4. The summed E-state index contributed by atoms with van der Waals surface area (Å²) in [7, 11) is 0. The number of aromatic nitrogens is 4. The van der Waals surface area contributed by atoms with Crippen LogP contribution in [0.5, 0.6) is 0 Å². The fraction of sp³-hybridized carbons (Fsp3) is 0.652. The van der Waals surface area contributed by atoms with Crippen molar-refractivity contribution in [1.82, 2.24) is 19.9 Å². The van der Waals surface area contributed by atoms with E-state index in [1.54, 1.807) is 23.5 Å². The number of anilines is 1. The van der Waals surface area contributed by atoms with Crippen molar-refractivity contribution >= 4 is 64.1 Å². The van der Waals surface area contributed by atoms with Gasteiger partial charge in [-0.1, -0.05) is 46.7 Å². The highest BCUT2D eigenvalue weighted by molar-refractivity contribution is 8.00. The Labute approximate surface area is 237 Å². The van der Waals surface area contributed by atoms with Gasteiger partial charge >= 0.3 is 0 Å². The Morgan fingerprint density at radius 1 is 0.833 bits per heavy atom. The molecule has 2 aromatic heterocycles. The van der Waals surface area contributed by atoms with Gasteiger partial charge in [-0.25, -0.2) is 15.0 Å². The van der Waals surface area contributed by atoms with Gasteiger partial charge in [0.05, 0.1) is 40.4 Å². The van der Waals surface area contributed by atoms with E-state index in [0.717, 1.165) is 51.3 Å². The van der Waals surface area contributed by atoms with Crippen molar-refractivity contribution in [3.05, 3.63) is 27.1 Å². The molecule has 4 rings (SSSR count). The van der Waals surface area contributed by atoms with E-state index in [2.05, 4.69) is 39.1 Å². The molecule has 2 unspecified atom stereocenters. The number of thioether (sulfide) groups is 2. The van der Waals surface area contributed by atoms with Gasteiger partial charge in [-0.05, 0) is 35.0 Å². The molecular formula is C23H37Cl3N6O2S2. The van der Waals surface area contributed by atoms with E-state index < -0.39 is 0 Å². The molecule has 5 N–H and O–H groups in total. The summed E-state index contributed by atoms with van der Waals surface area (Å²) in [6.07, 6.45) is 1.88. The lowest BCUT2D eigenvalue weighted by molar-refractivity contribution is 0.238. The highest BCUT2D eigenvalue weighted by Gasteiger charge is 2.22. The molecule has 0 saturated carbocycles. The summed E-state index contributed by atoms with van der Waals surface area (Å²) in [5, 5.41) is 22.0. The lowest BCUT2D eigenvalue weighted by Gasteiger charge is -2.21. The molecule has 13 heteroatoms. The molecule has 2 aliphatic rings. The van der Waals surface area contributed by atoms with Crippen molar-refractivity contribution in [2.75, 3.05) is 30.0 Å². The topological polar surface area (TPSA) is 130 Å². The summed E-state index contributed by atoms with van der Waals surface area (Å²) < 4.78 is 0. The maximum atomic E-state index is 9.33. The third-order valence-corrected chi connectivity index (χ3v) is 8.31. The normalized spacial score (nSPS) is 15.1. The van der Waals surface area contributed by atoms with Crippen LogP contribution in [0.25, 0.3) is 0 Å². The number of aliphatic hydroxyl groups is 2. The third-order valence-electron chi connectivity index (χ3n) is 5.34. The Balaban J connectivity index is 0.000000294. The van der Waals surface area contributed by atoms with Crippen molar-refractivity contribution in [3.63, 3.8) is 0 Å². The summed E-state index contributed by atoms with van der Waals surface area (Å²) in [5.74, 6) is 3.53. The zero-order valence-electron chi connectivity index (χ0n) is 20.3. The van der Waals surface area contributed by atoms with Crippen molar-refractivity contribution in [2.45, 2.75) is 69.8 Å². The molecule has 4 heterocycles. The van der Waals surface area contributed by atoms with E-state index in [1.165, 1.54) is 0 Å². The Morgan fingerprint density at radius 3 is 1.83 bits per heavy atom. The van der Waals surface area contributed by atoms with Crippen LogP contribution in [-0.4, -0.2) is 67.0 Å². The minimum absolute atomic E-state index is 0. The van der Waals surface area contributed by atoms with Gasteiger partial charge in [0, 0.05) is 30.4 Å². The Hall–Kier alpha value is -0.590. The molecule has 36 heavy (non-hydrogen) atoms. The SMILES string of the molecule is C.CC(C)C(CO)Nc1nc(Cl)nc2c1SCC2.CC(C)C(N)CO.Clc1nc(Cl)c2c(n1)CCS2. The minimum atomic E-state index is -0.0417. The average Bonchev–Trinajstić information content (AvgIpc) is 3.46. The summed E-state index contributed by atoms with van der Waals surface area (Å²) in [5.41, 5.74) is 7.36. The molecule has 2 atom stereocenters. The number of aryl methyl sites for hydroxylation is 2. The third kappa shape index (κ3) is 9.94. The first-order chi connectivity index (χ1) is 16.6. The maximum Gasteiger partial charge on any atom is 0.224 e. The van der Waals surface area contributed by atoms with Gasteiger partial charge in [0.2, 0.25) is 10.6 Å². The van der Waals surface area contributed by atoms with Crippen LogP contribution in [-0.2, 0) is 12.8 Å². The van der Waals surface area contributed by atoms with Crippen LogP contribution in [0.1, 0.15) is 46.5 Å². The number of nitrogens with one attached hydrogen (secondary N) is 1. The molecule has 0 amide bonds. The summed E-state index contributed by atoms with van der Waals surface area (Å²) >= 11 is 20.8. The van der Waals surface area contributed by atoms with Crippen molar-refractivity contribution < 1.29 is 10.2 Å². The first kappa shape index (κ1) is 33.4. The lowest BCUT2D eigenvalue weighted by atomic mass is 10.1. The fourth-order valence-electron chi connectivity index (χ4n) is 2.95. The largest absolute Gasteiger partial charge is 0.395 e. The molecule has 0 spiro atoms. The standard InChI is InChI=1S/C11H16ClN3OS.C6H4Cl2N2S.C5H13NO.CH4/c1-6(2)8(5-16)13-10-9-7(3-4-17-9)14-11(12)15-10;7-5-4-3(1-2-11-4)9-6(8)10-5;1-4(2)5(6)3-7;/h6,8,16H,3-5H2,1-2H3,(H,13,14,15);1-2H2;4-5,7H,3,6H2,1-2H3;1H4. The van der Waals surface area contributed by atoms with Crippen LogP contribution >= 0.6 is 58.3 Å².